The largest absolute Gasteiger partial charge is 0.378 e. The van der Waals surface area contributed by atoms with Gasteiger partial charge in [-0.25, -0.2) is 4.98 Å². The molecule has 1 aromatic rings. The van der Waals surface area contributed by atoms with Gasteiger partial charge in [-0.2, -0.15) is 0 Å². The molecule has 0 aromatic carbocycles. The van der Waals surface area contributed by atoms with Crippen molar-refractivity contribution in [2.24, 2.45) is 40.4 Å². The van der Waals surface area contributed by atoms with Gasteiger partial charge in [-0.05, 0) is 72.5 Å². The van der Waals surface area contributed by atoms with E-state index in [4.69, 9.17) is 9.72 Å². The van der Waals surface area contributed by atoms with Crippen molar-refractivity contribution in [1.82, 2.24) is 14.5 Å². The molecule has 5 aliphatic rings. The molecule has 7 atom stereocenters. The molecule has 0 spiro atoms. The van der Waals surface area contributed by atoms with Crippen LogP contribution in [0.4, 0.5) is 0 Å². The van der Waals surface area contributed by atoms with Gasteiger partial charge in [0.15, 0.2) is 0 Å². The van der Waals surface area contributed by atoms with Gasteiger partial charge < -0.3 is 9.64 Å². The van der Waals surface area contributed by atoms with Gasteiger partial charge in [0, 0.05) is 38.3 Å². The highest BCUT2D eigenvalue weighted by Crippen LogP contribution is 2.68. The number of hydrogen-bond acceptors (Lipinski definition) is 4. The maximum atomic E-state index is 13.1. The van der Waals surface area contributed by atoms with Crippen LogP contribution in [-0.2, 0) is 21.4 Å². The number of rotatable bonds is 3. The second-order valence-electron chi connectivity index (χ2n) is 14.3. The van der Waals surface area contributed by atoms with E-state index in [9.17, 15) is 9.59 Å². The first kappa shape index (κ1) is 26.3. The van der Waals surface area contributed by atoms with Gasteiger partial charge in [0.1, 0.15) is 6.33 Å². The minimum absolute atomic E-state index is 0.0522. The van der Waals surface area contributed by atoms with E-state index >= 15 is 0 Å². The highest BCUT2D eigenvalue weighted by molar-refractivity contribution is 5.78. The van der Waals surface area contributed by atoms with Gasteiger partial charge in [-0.1, -0.05) is 46.3 Å². The minimum Gasteiger partial charge on any atom is -0.378 e. The Bertz CT molecular complexity index is 1160. The van der Waals surface area contributed by atoms with Crippen LogP contribution in [0.3, 0.4) is 0 Å². The Morgan fingerprint density at radius 1 is 1.11 bits per heavy atom. The highest BCUT2D eigenvalue weighted by atomic mass is 16.5. The third-order valence-electron chi connectivity index (χ3n) is 12.1. The quantitative estimate of drug-likeness (QED) is 0.482. The van der Waals surface area contributed by atoms with E-state index in [-0.39, 0.29) is 16.7 Å². The van der Waals surface area contributed by atoms with Crippen molar-refractivity contribution in [1.29, 1.82) is 0 Å². The van der Waals surface area contributed by atoms with Crippen LogP contribution < -0.4 is 0 Å². The summed E-state index contributed by atoms with van der Waals surface area (Å²) in [6.07, 6.45) is 12.2. The number of ether oxygens (including phenoxy) is 1. The van der Waals surface area contributed by atoms with E-state index in [0.29, 0.717) is 54.6 Å². The molecule has 0 radical (unpaired) electrons. The van der Waals surface area contributed by atoms with Gasteiger partial charge in [0.25, 0.3) is 0 Å². The van der Waals surface area contributed by atoms with Crippen molar-refractivity contribution in [3.05, 3.63) is 29.4 Å². The molecule has 208 valence electrons. The first-order chi connectivity index (χ1) is 18.0. The molecular weight excluding hydrogens is 474 g/mol. The van der Waals surface area contributed by atoms with Crippen LogP contribution in [0.1, 0.15) is 96.2 Å². The van der Waals surface area contributed by atoms with Crippen molar-refractivity contribution in [2.75, 3.05) is 26.3 Å². The lowest BCUT2D eigenvalue weighted by Gasteiger charge is -2.60. The Balaban J connectivity index is 1.25. The number of carbonyl (C=O) groups is 2. The summed E-state index contributed by atoms with van der Waals surface area (Å²) >= 11 is 0. The summed E-state index contributed by atoms with van der Waals surface area (Å²) in [7, 11) is 0. The van der Waals surface area contributed by atoms with Gasteiger partial charge in [-0.15, -0.1) is 0 Å². The van der Waals surface area contributed by atoms with Crippen LogP contribution >= 0.6 is 0 Å². The predicted molar refractivity (Wildman–Crippen MR) is 148 cm³/mol. The number of aromatic nitrogens is 2. The zero-order valence-electron chi connectivity index (χ0n) is 24.4. The number of allylic oxidation sites excluding steroid dienone is 2. The van der Waals surface area contributed by atoms with Crippen molar-refractivity contribution in [3.8, 4) is 0 Å². The molecule has 3 fully saturated rings. The summed E-state index contributed by atoms with van der Waals surface area (Å²) in [5.74, 6) is 3.49. The summed E-state index contributed by atoms with van der Waals surface area (Å²) in [4.78, 5) is 32.3. The van der Waals surface area contributed by atoms with Crippen molar-refractivity contribution in [2.45, 2.75) is 91.9 Å². The molecule has 1 amide bonds. The molecule has 1 aromatic heterocycles. The summed E-state index contributed by atoms with van der Waals surface area (Å²) in [6.45, 7) is 16.5. The van der Waals surface area contributed by atoms with Crippen LogP contribution in [0.5, 0.6) is 0 Å². The smallest absolute Gasteiger partial charge is 0.228 e. The molecular formula is C32H47N3O3. The normalized spacial score (nSPS) is 38.4. The minimum atomic E-state index is -0.192. The number of carbonyl (C=O) groups excluding carboxylic acids is 2. The van der Waals surface area contributed by atoms with E-state index in [1.165, 1.54) is 31.3 Å². The highest BCUT2D eigenvalue weighted by Gasteiger charge is 2.61. The molecule has 4 aliphatic carbocycles. The molecule has 1 aliphatic heterocycles. The summed E-state index contributed by atoms with van der Waals surface area (Å²) in [5.41, 5.74) is 3.98. The fourth-order valence-electron chi connectivity index (χ4n) is 10.5. The van der Waals surface area contributed by atoms with E-state index in [1.807, 2.05) is 4.90 Å². The molecule has 0 bridgehead atoms. The number of amides is 1. The van der Waals surface area contributed by atoms with Crippen LogP contribution in [0.2, 0.25) is 0 Å². The molecule has 6 nitrogen and oxygen atoms in total. The summed E-state index contributed by atoms with van der Waals surface area (Å²) in [5, 5.41) is 0. The second kappa shape index (κ2) is 9.04. The topological polar surface area (TPSA) is 64.4 Å². The van der Waals surface area contributed by atoms with Gasteiger partial charge in [0.05, 0.1) is 24.6 Å². The van der Waals surface area contributed by atoms with Gasteiger partial charge in [-0.3, -0.25) is 14.2 Å². The number of imidazole rings is 1. The van der Waals surface area contributed by atoms with E-state index in [0.717, 1.165) is 43.2 Å². The van der Waals surface area contributed by atoms with E-state index in [1.54, 1.807) is 17.8 Å². The summed E-state index contributed by atoms with van der Waals surface area (Å²) < 4.78 is 7.26. The average Bonchev–Trinajstić information content (AvgIpc) is 3.46. The van der Waals surface area contributed by atoms with Crippen molar-refractivity contribution < 1.29 is 14.3 Å². The average molecular weight is 522 g/mol. The molecule has 2 heterocycles. The molecule has 1 saturated heterocycles. The Labute approximate surface area is 228 Å². The lowest BCUT2D eigenvalue weighted by molar-refractivity contribution is -0.137. The maximum Gasteiger partial charge on any atom is 0.228 e. The number of fused-ring (bicyclic) bond motifs is 6. The molecule has 38 heavy (non-hydrogen) atoms. The third-order valence-corrected chi connectivity index (χ3v) is 12.1. The third kappa shape index (κ3) is 3.72. The predicted octanol–water partition coefficient (Wildman–Crippen LogP) is 5.66. The Morgan fingerprint density at radius 3 is 2.55 bits per heavy atom. The lowest BCUT2D eigenvalue weighted by Crippen LogP contribution is -2.54. The number of hydrogen-bond donors (Lipinski definition) is 0. The summed E-state index contributed by atoms with van der Waals surface area (Å²) in [6, 6.07) is 0. The van der Waals surface area contributed by atoms with Crippen LogP contribution in [0.15, 0.2) is 18.0 Å². The SMILES string of the molecule is CC(=O)n1cnc2c1C(C)(C)C1=CC[C@H]3[C@@H]4CC[C@H]([C@H](C)CC(=O)N5CCOCC5)[C@@]4(C)CC[C@@H]3[C@@]1(C)C2. The number of nitrogens with zero attached hydrogens (tertiary/aromatic N) is 3. The Kier molecular flexibility index (Phi) is 6.25. The van der Waals surface area contributed by atoms with E-state index < -0.39 is 0 Å². The zero-order chi connectivity index (χ0) is 27.0. The molecule has 6 heteroatoms. The number of morpholine rings is 1. The fourth-order valence-corrected chi connectivity index (χ4v) is 10.5. The Morgan fingerprint density at radius 2 is 1.84 bits per heavy atom. The molecule has 2 saturated carbocycles. The fraction of sp³-hybridized carbons (Fsp3) is 0.781. The molecule has 0 unspecified atom stereocenters. The van der Waals surface area contributed by atoms with Gasteiger partial charge >= 0.3 is 0 Å². The lowest BCUT2D eigenvalue weighted by atomic mass is 9.44. The molecule has 6 rings (SSSR count). The second-order valence-corrected chi connectivity index (χ2v) is 14.3. The Hall–Kier alpha value is -1.95. The van der Waals surface area contributed by atoms with Crippen LogP contribution in [0, 0.1) is 40.4 Å². The first-order valence-corrected chi connectivity index (χ1v) is 15.1. The standard InChI is InChI=1S/C32H47N3O3/c1-20(17-28(37)34-13-15-38-16-14-34)23-8-9-24-22-7-10-27-30(3,4)29-26(33-19-35(29)21(2)36)18-32(27,6)25(22)11-12-31(23,24)5/h10,19-20,22-25H,7-9,11-18H2,1-6H3/t20-,22+,23-,24+,25+,31-,32-/m1/s1. The van der Waals surface area contributed by atoms with Crippen molar-refractivity contribution in [3.63, 3.8) is 0 Å². The first-order valence-electron chi connectivity index (χ1n) is 15.1. The van der Waals surface area contributed by atoms with Gasteiger partial charge in [0.2, 0.25) is 11.8 Å². The zero-order valence-corrected chi connectivity index (χ0v) is 24.4. The van der Waals surface area contributed by atoms with E-state index in [2.05, 4.69) is 40.7 Å². The maximum absolute atomic E-state index is 13.1. The molecule has 0 N–H and O–H groups in total. The monoisotopic (exact) mass is 521 g/mol. The van der Waals surface area contributed by atoms with Crippen LogP contribution in [0.25, 0.3) is 0 Å². The van der Waals surface area contributed by atoms with Crippen LogP contribution in [-0.4, -0.2) is 52.6 Å². The van der Waals surface area contributed by atoms with Crippen molar-refractivity contribution >= 4 is 11.8 Å².